The van der Waals surface area contributed by atoms with E-state index in [4.69, 9.17) is 0 Å². The molecule has 24 heavy (non-hydrogen) atoms. The number of piperidine rings is 1. The van der Waals surface area contributed by atoms with E-state index in [1.165, 1.54) is 18.5 Å². The van der Waals surface area contributed by atoms with Gasteiger partial charge in [-0.2, -0.15) is 0 Å². The Labute approximate surface area is 140 Å². The van der Waals surface area contributed by atoms with Crippen molar-refractivity contribution < 1.29 is 0 Å². The molecular formula is C17H21N7. The van der Waals surface area contributed by atoms with Gasteiger partial charge in [0.25, 0.3) is 0 Å². The zero-order valence-corrected chi connectivity index (χ0v) is 13.5. The SMILES string of the molecule is c1ccc(-c2cn(CC3CCCN(Cc4cnc[nH]4)C3)nn2)nc1. The van der Waals surface area contributed by atoms with E-state index in [0.29, 0.717) is 5.92 Å². The Morgan fingerprint density at radius 1 is 1.25 bits per heavy atom. The van der Waals surface area contributed by atoms with E-state index in [0.717, 1.165) is 37.6 Å². The number of pyridine rings is 1. The number of imidazole rings is 1. The van der Waals surface area contributed by atoms with Crippen LogP contribution in [0.25, 0.3) is 11.4 Å². The van der Waals surface area contributed by atoms with E-state index < -0.39 is 0 Å². The Balaban J connectivity index is 1.37. The fraction of sp³-hybridized carbons (Fsp3) is 0.412. The Kier molecular flexibility index (Phi) is 4.33. The van der Waals surface area contributed by atoms with Gasteiger partial charge in [-0.3, -0.25) is 14.6 Å². The number of likely N-dealkylation sites (tertiary alicyclic amines) is 1. The molecule has 0 radical (unpaired) electrons. The van der Waals surface area contributed by atoms with Crippen LogP contribution in [0, 0.1) is 5.92 Å². The van der Waals surface area contributed by atoms with Crippen molar-refractivity contribution in [3.63, 3.8) is 0 Å². The largest absolute Gasteiger partial charge is 0.347 e. The molecule has 1 aliphatic rings. The fourth-order valence-electron chi connectivity index (χ4n) is 3.34. The molecule has 1 unspecified atom stereocenters. The number of aromatic nitrogens is 6. The van der Waals surface area contributed by atoms with Crippen LogP contribution in [0.4, 0.5) is 0 Å². The average Bonchev–Trinajstić information content (AvgIpc) is 3.28. The van der Waals surface area contributed by atoms with Crippen LogP contribution in [0.2, 0.25) is 0 Å². The molecule has 1 N–H and O–H groups in total. The Hall–Kier alpha value is -2.54. The molecule has 1 atom stereocenters. The zero-order valence-electron chi connectivity index (χ0n) is 13.5. The second-order valence-corrected chi connectivity index (χ2v) is 6.36. The number of nitrogens with zero attached hydrogens (tertiary/aromatic N) is 6. The summed E-state index contributed by atoms with van der Waals surface area (Å²) in [7, 11) is 0. The van der Waals surface area contributed by atoms with Gasteiger partial charge in [-0.25, -0.2) is 4.98 Å². The minimum atomic E-state index is 0.597. The van der Waals surface area contributed by atoms with Gasteiger partial charge in [-0.05, 0) is 37.4 Å². The fourth-order valence-corrected chi connectivity index (χ4v) is 3.34. The van der Waals surface area contributed by atoms with Crippen molar-refractivity contribution in [2.24, 2.45) is 5.92 Å². The van der Waals surface area contributed by atoms with Crippen LogP contribution in [-0.4, -0.2) is 47.9 Å². The lowest BCUT2D eigenvalue weighted by molar-refractivity contribution is 0.151. The van der Waals surface area contributed by atoms with E-state index in [2.05, 4.69) is 30.2 Å². The van der Waals surface area contributed by atoms with E-state index in [9.17, 15) is 0 Å². The number of hydrogen-bond acceptors (Lipinski definition) is 5. The summed E-state index contributed by atoms with van der Waals surface area (Å²) in [5.41, 5.74) is 2.88. The highest BCUT2D eigenvalue weighted by Gasteiger charge is 2.21. The molecular weight excluding hydrogens is 302 g/mol. The average molecular weight is 323 g/mol. The third-order valence-electron chi connectivity index (χ3n) is 4.46. The highest BCUT2D eigenvalue weighted by atomic mass is 15.4. The van der Waals surface area contributed by atoms with Gasteiger partial charge in [0.1, 0.15) is 5.69 Å². The number of aromatic amines is 1. The third kappa shape index (κ3) is 3.51. The van der Waals surface area contributed by atoms with Crippen LogP contribution in [0.1, 0.15) is 18.5 Å². The molecule has 124 valence electrons. The van der Waals surface area contributed by atoms with E-state index in [-0.39, 0.29) is 0 Å². The third-order valence-corrected chi connectivity index (χ3v) is 4.46. The molecule has 0 bridgehead atoms. The minimum Gasteiger partial charge on any atom is -0.347 e. The molecule has 4 rings (SSSR count). The molecule has 0 spiro atoms. The van der Waals surface area contributed by atoms with E-state index >= 15 is 0 Å². The van der Waals surface area contributed by atoms with Crippen molar-refractivity contribution in [2.75, 3.05) is 13.1 Å². The number of H-pyrrole nitrogens is 1. The van der Waals surface area contributed by atoms with Gasteiger partial charge in [0.05, 0.1) is 18.2 Å². The van der Waals surface area contributed by atoms with Crippen molar-refractivity contribution in [3.8, 4) is 11.4 Å². The van der Waals surface area contributed by atoms with Crippen LogP contribution < -0.4 is 0 Å². The second kappa shape index (κ2) is 6.92. The van der Waals surface area contributed by atoms with Gasteiger partial charge in [0, 0.05) is 37.7 Å². The number of hydrogen-bond donors (Lipinski definition) is 1. The minimum absolute atomic E-state index is 0.597. The summed E-state index contributed by atoms with van der Waals surface area (Å²) in [5.74, 6) is 0.597. The Morgan fingerprint density at radius 3 is 3.08 bits per heavy atom. The van der Waals surface area contributed by atoms with Gasteiger partial charge in [0.2, 0.25) is 0 Å². The van der Waals surface area contributed by atoms with Crippen LogP contribution in [0.5, 0.6) is 0 Å². The summed E-state index contributed by atoms with van der Waals surface area (Å²) in [6, 6.07) is 5.83. The molecule has 1 saturated heterocycles. The van der Waals surface area contributed by atoms with Gasteiger partial charge in [-0.1, -0.05) is 11.3 Å². The topological polar surface area (TPSA) is 75.5 Å². The van der Waals surface area contributed by atoms with E-state index in [1.54, 1.807) is 12.5 Å². The smallest absolute Gasteiger partial charge is 0.131 e. The first kappa shape index (κ1) is 15.0. The lowest BCUT2D eigenvalue weighted by atomic mass is 9.98. The normalized spacial score (nSPS) is 18.8. The molecule has 7 nitrogen and oxygen atoms in total. The van der Waals surface area contributed by atoms with Crippen molar-refractivity contribution in [1.82, 2.24) is 34.8 Å². The van der Waals surface area contributed by atoms with Gasteiger partial charge >= 0.3 is 0 Å². The van der Waals surface area contributed by atoms with Crippen LogP contribution in [0.15, 0.2) is 43.1 Å². The van der Waals surface area contributed by atoms with Crippen LogP contribution >= 0.6 is 0 Å². The summed E-state index contributed by atoms with van der Waals surface area (Å²) < 4.78 is 1.95. The molecule has 0 amide bonds. The Bertz CT molecular complexity index is 750. The summed E-state index contributed by atoms with van der Waals surface area (Å²) >= 11 is 0. The predicted octanol–water partition coefficient (Wildman–Crippen LogP) is 1.98. The predicted molar refractivity (Wildman–Crippen MR) is 89.8 cm³/mol. The maximum atomic E-state index is 4.33. The quantitative estimate of drug-likeness (QED) is 0.777. The van der Waals surface area contributed by atoms with E-state index in [1.807, 2.05) is 35.3 Å². The molecule has 4 heterocycles. The van der Waals surface area contributed by atoms with Crippen molar-refractivity contribution in [3.05, 3.63) is 48.8 Å². The van der Waals surface area contributed by atoms with Crippen molar-refractivity contribution in [1.29, 1.82) is 0 Å². The van der Waals surface area contributed by atoms with Crippen LogP contribution in [-0.2, 0) is 13.1 Å². The highest BCUT2D eigenvalue weighted by Crippen LogP contribution is 2.20. The first-order valence-corrected chi connectivity index (χ1v) is 8.38. The summed E-state index contributed by atoms with van der Waals surface area (Å²) in [6.07, 6.45) is 9.88. The second-order valence-electron chi connectivity index (χ2n) is 6.36. The molecule has 3 aromatic rings. The molecule has 3 aromatic heterocycles. The molecule has 1 aliphatic heterocycles. The van der Waals surface area contributed by atoms with Gasteiger partial charge in [0.15, 0.2) is 0 Å². The maximum absolute atomic E-state index is 4.33. The molecule has 0 aromatic carbocycles. The molecule has 0 saturated carbocycles. The van der Waals surface area contributed by atoms with Crippen molar-refractivity contribution in [2.45, 2.75) is 25.9 Å². The lowest BCUT2D eigenvalue weighted by Crippen LogP contribution is -2.36. The zero-order chi connectivity index (χ0) is 16.2. The monoisotopic (exact) mass is 323 g/mol. The van der Waals surface area contributed by atoms with Gasteiger partial charge < -0.3 is 4.98 Å². The molecule has 0 aliphatic carbocycles. The summed E-state index contributed by atoms with van der Waals surface area (Å²) in [6.45, 7) is 4.07. The molecule has 7 heteroatoms. The lowest BCUT2D eigenvalue weighted by Gasteiger charge is -2.32. The molecule has 1 fully saturated rings. The van der Waals surface area contributed by atoms with Crippen LogP contribution in [0.3, 0.4) is 0 Å². The maximum Gasteiger partial charge on any atom is 0.131 e. The first-order valence-electron chi connectivity index (χ1n) is 8.38. The van der Waals surface area contributed by atoms with Gasteiger partial charge in [-0.15, -0.1) is 5.10 Å². The summed E-state index contributed by atoms with van der Waals surface area (Å²) in [5, 5.41) is 8.53. The standard InChI is InChI=1S/C17H21N7/c1-2-6-19-16(5-1)17-12-24(22-21-17)10-14-4-3-7-23(9-14)11-15-8-18-13-20-15/h1-2,5-6,8,12-14H,3-4,7,9-11H2,(H,18,20). The Morgan fingerprint density at radius 2 is 2.25 bits per heavy atom. The number of nitrogens with one attached hydrogen (secondary N) is 1. The first-order chi connectivity index (χ1) is 11.9. The van der Waals surface area contributed by atoms with Crippen molar-refractivity contribution >= 4 is 0 Å². The summed E-state index contributed by atoms with van der Waals surface area (Å²) in [4.78, 5) is 14.1. The highest BCUT2D eigenvalue weighted by molar-refractivity contribution is 5.51. The number of rotatable bonds is 5.